The fraction of sp³-hybridized carbons (Fsp3) is 0.0820. The molecule has 2 heteroatoms. The number of hydrogen-bond donors (Lipinski definition) is 0. The van der Waals surface area contributed by atoms with E-state index in [0.29, 0.717) is 0 Å². The Morgan fingerprint density at radius 3 is 1.76 bits per heavy atom. The third-order valence-corrected chi connectivity index (χ3v) is 14.3. The van der Waals surface area contributed by atoms with E-state index < -0.39 is 0 Å². The van der Waals surface area contributed by atoms with E-state index in [2.05, 4.69) is 242 Å². The molecule has 1 spiro atoms. The second-order valence-corrected chi connectivity index (χ2v) is 17.4. The minimum Gasteiger partial charge on any atom is -0.357 e. The first-order chi connectivity index (χ1) is 31.2. The van der Waals surface area contributed by atoms with E-state index in [0.717, 1.165) is 17.1 Å². The topological polar surface area (TPSA) is 12.5 Å². The minimum absolute atomic E-state index is 0.00898. The number of nitrogens with zero attached hydrogens (tertiary/aromatic N) is 1. The zero-order valence-corrected chi connectivity index (χ0v) is 34.7. The molecule has 7 aliphatic rings. The summed E-state index contributed by atoms with van der Waals surface area (Å²) in [5.41, 5.74) is 21.3. The molecular weight excluding hydrogens is 763 g/mol. The summed E-state index contributed by atoms with van der Waals surface area (Å²) < 4.78 is 6.43. The summed E-state index contributed by atoms with van der Waals surface area (Å²) in [7, 11) is 0. The van der Waals surface area contributed by atoms with E-state index in [1.807, 2.05) is 0 Å². The van der Waals surface area contributed by atoms with Crippen LogP contribution >= 0.6 is 0 Å². The van der Waals surface area contributed by atoms with Crippen molar-refractivity contribution in [1.29, 1.82) is 0 Å². The molecule has 4 atom stereocenters. The van der Waals surface area contributed by atoms with E-state index in [4.69, 9.17) is 4.74 Å². The van der Waals surface area contributed by atoms with Gasteiger partial charge >= 0.3 is 0 Å². The van der Waals surface area contributed by atoms with Crippen LogP contribution in [-0.2, 0) is 10.2 Å². The number of fused-ring (bicyclic) bond motifs is 11. The number of ether oxygens (including phenoxy) is 1. The van der Waals surface area contributed by atoms with Crippen LogP contribution in [-0.4, -0.2) is 12.2 Å². The molecule has 6 aromatic carbocycles. The van der Waals surface area contributed by atoms with Crippen LogP contribution in [0.1, 0.15) is 16.7 Å². The quantitative estimate of drug-likeness (QED) is 0.166. The number of rotatable bonds is 6. The first kappa shape index (κ1) is 36.2. The lowest BCUT2D eigenvalue weighted by atomic mass is 9.62. The second-order valence-electron chi connectivity index (χ2n) is 17.4. The molecule has 1 heterocycles. The maximum Gasteiger partial charge on any atom is 0.103 e. The molecule has 0 bridgehead atoms. The summed E-state index contributed by atoms with van der Waals surface area (Å²) in [5, 5.41) is 0. The van der Waals surface area contributed by atoms with Crippen LogP contribution in [0.2, 0.25) is 0 Å². The summed E-state index contributed by atoms with van der Waals surface area (Å²) in [5.74, 6) is 0.410. The zero-order valence-electron chi connectivity index (χ0n) is 34.7. The Labute approximate surface area is 369 Å². The van der Waals surface area contributed by atoms with Gasteiger partial charge in [0.05, 0.1) is 0 Å². The van der Waals surface area contributed by atoms with Gasteiger partial charge in [0, 0.05) is 34.3 Å². The minimum atomic E-state index is -0.214. The van der Waals surface area contributed by atoms with Crippen molar-refractivity contribution in [2.45, 2.75) is 17.6 Å². The molecule has 63 heavy (non-hydrogen) atoms. The predicted octanol–water partition coefficient (Wildman–Crippen LogP) is 14.4. The third-order valence-electron chi connectivity index (χ3n) is 14.3. The Hall–Kier alpha value is -7.52. The Kier molecular flexibility index (Phi) is 8.19. The summed E-state index contributed by atoms with van der Waals surface area (Å²) in [6, 6.07) is 56.0. The lowest BCUT2D eigenvalue weighted by Crippen LogP contribution is -2.38. The SMILES string of the molecule is C1=CC2=C3C(c4cccc(-c5ccc(N(C6=CC7=C8C=CC=CC8C8(c9ccccc9-c9ccccc98)C7C=C6)c6ccc(-c7ccccc7)cc6)cc5)c4)=CC=CC3OC2C=C1. The van der Waals surface area contributed by atoms with Gasteiger partial charge in [0.2, 0.25) is 0 Å². The fourth-order valence-corrected chi connectivity index (χ4v) is 11.6. The van der Waals surface area contributed by atoms with Gasteiger partial charge in [-0.25, -0.2) is 0 Å². The maximum absolute atomic E-state index is 6.43. The van der Waals surface area contributed by atoms with E-state index in [-0.39, 0.29) is 29.5 Å². The van der Waals surface area contributed by atoms with Crippen molar-refractivity contribution in [3.05, 3.63) is 281 Å². The molecule has 0 amide bonds. The molecule has 4 unspecified atom stereocenters. The lowest BCUT2D eigenvalue weighted by Gasteiger charge is -2.40. The molecule has 1 aliphatic heterocycles. The van der Waals surface area contributed by atoms with Crippen molar-refractivity contribution in [2.75, 3.05) is 4.90 Å². The molecule has 0 aromatic heterocycles. The number of benzene rings is 6. The van der Waals surface area contributed by atoms with Crippen LogP contribution < -0.4 is 4.90 Å². The molecule has 0 saturated carbocycles. The van der Waals surface area contributed by atoms with Crippen molar-refractivity contribution in [2.24, 2.45) is 11.8 Å². The van der Waals surface area contributed by atoms with Crippen molar-refractivity contribution in [1.82, 2.24) is 0 Å². The zero-order chi connectivity index (χ0) is 41.5. The lowest BCUT2D eigenvalue weighted by molar-refractivity contribution is 0.110. The largest absolute Gasteiger partial charge is 0.357 e. The average molecular weight is 806 g/mol. The molecule has 0 radical (unpaired) electrons. The van der Waals surface area contributed by atoms with Gasteiger partial charge in [-0.1, -0.05) is 194 Å². The highest BCUT2D eigenvalue weighted by Crippen LogP contribution is 2.65. The molecular formula is C61H43NO. The van der Waals surface area contributed by atoms with E-state index >= 15 is 0 Å². The predicted molar refractivity (Wildman–Crippen MR) is 259 cm³/mol. The highest BCUT2D eigenvalue weighted by Gasteiger charge is 2.58. The first-order valence-electron chi connectivity index (χ1n) is 22.2. The van der Waals surface area contributed by atoms with Crippen molar-refractivity contribution >= 4 is 16.9 Å². The number of anilines is 2. The smallest absolute Gasteiger partial charge is 0.103 e. The maximum atomic E-state index is 6.43. The van der Waals surface area contributed by atoms with Gasteiger partial charge in [-0.05, 0) is 120 Å². The fourth-order valence-electron chi connectivity index (χ4n) is 11.6. The highest BCUT2D eigenvalue weighted by molar-refractivity contribution is 5.88. The molecule has 6 aromatic rings. The van der Waals surface area contributed by atoms with Gasteiger partial charge in [-0.3, -0.25) is 0 Å². The molecule has 0 fully saturated rings. The Balaban J connectivity index is 0.901. The Morgan fingerprint density at radius 2 is 1.02 bits per heavy atom. The van der Waals surface area contributed by atoms with Crippen molar-refractivity contribution in [3.8, 4) is 33.4 Å². The van der Waals surface area contributed by atoms with Gasteiger partial charge in [0.25, 0.3) is 0 Å². The summed E-state index contributed by atoms with van der Waals surface area (Å²) >= 11 is 0. The molecule has 6 aliphatic carbocycles. The summed E-state index contributed by atoms with van der Waals surface area (Å²) in [4.78, 5) is 2.43. The van der Waals surface area contributed by atoms with Gasteiger partial charge < -0.3 is 9.64 Å². The van der Waals surface area contributed by atoms with Crippen LogP contribution in [0.3, 0.4) is 0 Å². The van der Waals surface area contributed by atoms with Gasteiger partial charge in [0.1, 0.15) is 12.2 Å². The van der Waals surface area contributed by atoms with Gasteiger partial charge in [0.15, 0.2) is 0 Å². The van der Waals surface area contributed by atoms with Crippen LogP contribution in [0.15, 0.2) is 265 Å². The monoisotopic (exact) mass is 805 g/mol. The highest BCUT2D eigenvalue weighted by atomic mass is 16.5. The Bertz CT molecular complexity index is 3150. The molecule has 0 N–H and O–H groups in total. The summed E-state index contributed by atoms with van der Waals surface area (Å²) in [6.07, 6.45) is 31.8. The van der Waals surface area contributed by atoms with Gasteiger partial charge in [-0.2, -0.15) is 0 Å². The normalized spacial score (nSPS) is 22.3. The average Bonchev–Trinajstić information content (AvgIpc) is 3.99. The molecule has 0 saturated heterocycles. The van der Waals surface area contributed by atoms with Gasteiger partial charge in [-0.15, -0.1) is 0 Å². The van der Waals surface area contributed by atoms with Crippen molar-refractivity contribution in [3.63, 3.8) is 0 Å². The van der Waals surface area contributed by atoms with Crippen LogP contribution in [0, 0.1) is 11.8 Å². The second kappa shape index (κ2) is 14.3. The standard InChI is InChI=1S/C61H43NO/c1-2-14-40(15-3-1)41-28-32-45(33-29-41)62(46-34-30-42(31-35-46)43-16-12-17-44(38-43)48-22-13-27-59-60(48)52-21-7-11-26-58(52)63-59)47-36-37-57-53(39-47)51-20-6-10-25-56(51)61(57)54-23-8-4-18-49(54)50-19-5-9-24-55(50)61/h1-39,56-59H. The number of hydrogen-bond acceptors (Lipinski definition) is 2. The number of allylic oxidation sites excluding steroid dienone is 13. The van der Waals surface area contributed by atoms with Crippen molar-refractivity contribution < 1.29 is 4.74 Å². The molecule has 13 rings (SSSR count). The van der Waals surface area contributed by atoms with E-state index in [1.54, 1.807) is 0 Å². The molecule has 2 nitrogen and oxygen atoms in total. The Morgan fingerprint density at radius 1 is 0.429 bits per heavy atom. The van der Waals surface area contributed by atoms with Crippen LogP contribution in [0.25, 0.3) is 39.0 Å². The van der Waals surface area contributed by atoms with Crippen LogP contribution in [0.4, 0.5) is 11.4 Å². The summed E-state index contributed by atoms with van der Waals surface area (Å²) in [6.45, 7) is 0. The van der Waals surface area contributed by atoms with E-state index in [9.17, 15) is 0 Å². The molecule has 298 valence electrons. The third kappa shape index (κ3) is 5.48. The van der Waals surface area contributed by atoms with E-state index in [1.165, 1.54) is 77.9 Å². The van der Waals surface area contributed by atoms with Crippen LogP contribution in [0.5, 0.6) is 0 Å². The first-order valence-corrected chi connectivity index (χ1v) is 22.2.